The predicted octanol–water partition coefficient (Wildman–Crippen LogP) is 1.50. The van der Waals surface area contributed by atoms with Gasteiger partial charge in [0.2, 0.25) is 10.0 Å². The van der Waals surface area contributed by atoms with Crippen molar-refractivity contribution < 1.29 is 32.3 Å². The first kappa shape index (κ1) is 23.6. The maximum atomic E-state index is 12.6. The Kier molecular flexibility index (Phi) is 8.58. The standard InChI is InChI=1S/C18H26N2O7S/c1-11(2)10-15(17(22)27-13(4)16(21)19-18(23)26-5)20-28(24,25)14-8-6-12(3)7-9-14/h6-9,11,13,15,20H,10H2,1-5H3,(H,19,21,23)/t13-,15-/m1/s1. The lowest BCUT2D eigenvalue weighted by Crippen LogP contribution is -2.46. The first-order chi connectivity index (χ1) is 13.0. The molecule has 0 spiro atoms. The number of hydrogen-bond acceptors (Lipinski definition) is 7. The van der Waals surface area contributed by atoms with Crippen molar-refractivity contribution in [2.45, 2.75) is 51.2 Å². The normalized spacial score (nSPS) is 13.5. The second-order valence-electron chi connectivity index (χ2n) is 6.68. The average molecular weight is 414 g/mol. The number of rotatable bonds is 8. The lowest BCUT2D eigenvalue weighted by molar-refractivity contribution is -0.156. The molecule has 0 aromatic heterocycles. The van der Waals surface area contributed by atoms with Crippen LogP contribution in [0.2, 0.25) is 0 Å². The summed E-state index contributed by atoms with van der Waals surface area (Å²) in [7, 11) is -2.89. The Labute approximate surface area is 164 Å². The third-order valence-corrected chi connectivity index (χ3v) is 5.18. The van der Waals surface area contributed by atoms with Gasteiger partial charge >= 0.3 is 12.1 Å². The topological polar surface area (TPSA) is 128 Å². The molecule has 0 aliphatic carbocycles. The highest BCUT2D eigenvalue weighted by Crippen LogP contribution is 2.14. The molecule has 2 atom stereocenters. The van der Waals surface area contributed by atoms with Crippen molar-refractivity contribution in [2.24, 2.45) is 5.92 Å². The molecule has 2 N–H and O–H groups in total. The van der Waals surface area contributed by atoms with Gasteiger partial charge in [0, 0.05) is 0 Å². The highest BCUT2D eigenvalue weighted by molar-refractivity contribution is 7.89. The SMILES string of the molecule is COC(=O)NC(=O)[C@@H](C)OC(=O)[C@@H](CC(C)C)NS(=O)(=O)c1ccc(C)cc1. The van der Waals surface area contributed by atoms with E-state index in [4.69, 9.17) is 4.74 Å². The van der Waals surface area contributed by atoms with Crippen molar-refractivity contribution in [3.05, 3.63) is 29.8 Å². The molecule has 156 valence electrons. The number of esters is 1. The number of carbonyl (C=O) groups excluding carboxylic acids is 3. The first-order valence-corrected chi connectivity index (χ1v) is 10.1. The fraction of sp³-hybridized carbons (Fsp3) is 0.500. The summed E-state index contributed by atoms with van der Waals surface area (Å²) < 4.78 is 36.8. The van der Waals surface area contributed by atoms with Crippen molar-refractivity contribution in [3.63, 3.8) is 0 Å². The zero-order valence-electron chi connectivity index (χ0n) is 16.5. The fourth-order valence-corrected chi connectivity index (χ4v) is 3.40. The van der Waals surface area contributed by atoms with E-state index in [0.29, 0.717) is 0 Å². The molecular formula is C18H26N2O7S. The molecule has 10 heteroatoms. The van der Waals surface area contributed by atoms with Crippen molar-refractivity contribution >= 4 is 28.0 Å². The number of hydrogen-bond donors (Lipinski definition) is 2. The molecule has 9 nitrogen and oxygen atoms in total. The molecule has 0 saturated carbocycles. The van der Waals surface area contributed by atoms with Gasteiger partial charge in [0.25, 0.3) is 5.91 Å². The van der Waals surface area contributed by atoms with Crippen LogP contribution in [0.4, 0.5) is 4.79 Å². The quantitative estimate of drug-likeness (QED) is 0.617. The summed E-state index contributed by atoms with van der Waals surface area (Å²) in [4.78, 5) is 35.4. The second kappa shape index (κ2) is 10.2. The van der Waals surface area contributed by atoms with Crippen LogP contribution in [-0.4, -0.2) is 45.6 Å². The minimum absolute atomic E-state index is 0.0103. The lowest BCUT2D eigenvalue weighted by Gasteiger charge is -2.21. The number of ether oxygens (including phenoxy) is 2. The van der Waals surface area contributed by atoms with E-state index in [1.54, 1.807) is 12.1 Å². The van der Waals surface area contributed by atoms with E-state index in [0.717, 1.165) is 12.7 Å². The molecule has 1 aromatic carbocycles. The summed E-state index contributed by atoms with van der Waals surface area (Å²) in [6.45, 7) is 6.71. The van der Waals surface area contributed by atoms with Crippen LogP contribution >= 0.6 is 0 Å². The van der Waals surface area contributed by atoms with Crippen LogP contribution < -0.4 is 10.0 Å². The molecular weight excluding hydrogens is 388 g/mol. The lowest BCUT2D eigenvalue weighted by atomic mass is 10.0. The summed E-state index contributed by atoms with van der Waals surface area (Å²) in [6.07, 6.45) is -2.15. The average Bonchev–Trinajstić information content (AvgIpc) is 2.60. The molecule has 0 aliphatic heterocycles. The van der Waals surface area contributed by atoms with Gasteiger partial charge in [-0.05, 0) is 38.3 Å². The second-order valence-corrected chi connectivity index (χ2v) is 8.39. The van der Waals surface area contributed by atoms with Gasteiger partial charge in [0.1, 0.15) is 6.04 Å². The van der Waals surface area contributed by atoms with Crippen molar-refractivity contribution in [3.8, 4) is 0 Å². The molecule has 0 heterocycles. The molecule has 0 saturated heterocycles. The number of nitrogens with one attached hydrogen (secondary N) is 2. The number of imide groups is 1. The summed E-state index contributed by atoms with van der Waals surface area (Å²) >= 11 is 0. The van der Waals surface area contributed by atoms with Gasteiger partial charge in [0.05, 0.1) is 12.0 Å². The Hall–Kier alpha value is -2.46. The molecule has 0 radical (unpaired) electrons. The zero-order chi connectivity index (χ0) is 21.5. The van der Waals surface area contributed by atoms with Crippen LogP contribution in [0.5, 0.6) is 0 Å². The molecule has 0 bridgehead atoms. The number of alkyl carbamates (subject to hydrolysis) is 1. The smallest absolute Gasteiger partial charge is 0.413 e. The van der Waals surface area contributed by atoms with Gasteiger partial charge in [-0.15, -0.1) is 0 Å². The van der Waals surface area contributed by atoms with E-state index < -0.39 is 40.1 Å². The Morgan fingerprint density at radius 1 is 1.07 bits per heavy atom. The summed E-state index contributed by atoms with van der Waals surface area (Å²) in [5.74, 6) is -1.83. The van der Waals surface area contributed by atoms with Crippen molar-refractivity contribution in [2.75, 3.05) is 7.11 Å². The van der Waals surface area contributed by atoms with Gasteiger partial charge in [-0.3, -0.25) is 14.9 Å². The minimum atomic E-state index is -3.97. The number of carbonyl (C=O) groups is 3. The van der Waals surface area contributed by atoms with Gasteiger partial charge in [0.15, 0.2) is 6.10 Å². The van der Waals surface area contributed by atoms with E-state index in [1.807, 2.05) is 26.1 Å². The first-order valence-electron chi connectivity index (χ1n) is 8.64. The maximum Gasteiger partial charge on any atom is 0.413 e. The Morgan fingerprint density at radius 3 is 2.14 bits per heavy atom. The summed E-state index contributed by atoms with van der Waals surface area (Å²) in [6, 6.07) is 4.95. The molecule has 1 aromatic rings. The van der Waals surface area contributed by atoms with E-state index in [1.165, 1.54) is 19.1 Å². The Balaban J connectivity index is 2.91. The van der Waals surface area contributed by atoms with Crippen LogP contribution in [0.3, 0.4) is 0 Å². The predicted molar refractivity (Wildman–Crippen MR) is 101 cm³/mol. The summed E-state index contributed by atoms with van der Waals surface area (Å²) in [5.41, 5.74) is 0.891. The molecule has 0 fully saturated rings. The van der Waals surface area contributed by atoms with E-state index in [2.05, 4.69) is 9.46 Å². The minimum Gasteiger partial charge on any atom is -0.453 e. The van der Waals surface area contributed by atoms with Gasteiger partial charge in [-0.25, -0.2) is 13.2 Å². The molecule has 0 aliphatic rings. The monoisotopic (exact) mass is 414 g/mol. The molecule has 0 unspecified atom stereocenters. The fourth-order valence-electron chi connectivity index (χ4n) is 2.20. The van der Waals surface area contributed by atoms with Crippen LogP contribution in [0.25, 0.3) is 0 Å². The van der Waals surface area contributed by atoms with Crippen molar-refractivity contribution in [1.82, 2.24) is 10.0 Å². The van der Waals surface area contributed by atoms with Crippen LogP contribution in [-0.2, 0) is 29.1 Å². The van der Waals surface area contributed by atoms with Crippen LogP contribution in [0.1, 0.15) is 32.8 Å². The number of aryl methyl sites for hydroxylation is 1. The number of amides is 2. The highest BCUT2D eigenvalue weighted by atomic mass is 32.2. The largest absolute Gasteiger partial charge is 0.453 e. The maximum absolute atomic E-state index is 12.6. The number of sulfonamides is 1. The van der Waals surface area contributed by atoms with Gasteiger partial charge in [-0.2, -0.15) is 4.72 Å². The highest BCUT2D eigenvalue weighted by Gasteiger charge is 2.30. The molecule has 28 heavy (non-hydrogen) atoms. The molecule has 1 rings (SSSR count). The third-order valence-electron chi connectivity index (χ3n) is 3.69. The Morgan fingerprint density at radius 2 is 1.64 bits per heavy atom. The van der Waals surface area contributed by atoms with Crippen LogP contribution in [0.15, 0.2) is 29.2 Å². The van der Waals surface area contributed by atoms with Crippen molar-refractivity contribution in [1.29, 1.82) is 0 Å². The number of methoxy groups -OCH3 is 1. The van der Waals surface area contributed by atoms with E-state index in [-0.39, 0.29) is 17.2 Å². The van der Waals surface area contributed by atoms with Crippen LogP contribution in [0, 0.1) is 12.8 Å². The Bertz CT molecular complexity index is 804. The van der Waals surface area contributed by atoms with Gasteiger partial charge < -0.3 is 9.47 Å². The molecule has 2 amide bonds. The van der Waals surface area contributed by atoms with Gasteiger partial charge in [-0.1, -0.05) is 31.5 Å². The third kappa shape index (κ3) is 7.28. The van der Waals surface area contributed by atoms with E-state index >= 15 is 0 Å². The zero-order valence-corrected chi connectivity index (χ0v) is 17.3. The summed E-state index contributed by atoms with van der Waals surface area (Å²) in [5, 5.41) is 1.88. The van der Waals surface area contributed by atoms with E-state index in [9.17, 15) is 22.8 Å². The number of benzene rings is 1.